The maximum Gasteiger partial charge on any atom is 0.314 e. The van der Waals surface area contributed by atoms with Gasteiger partial charge in [-0.1, -0.05) is 12.1 Å². The van der Waals surface area contributed by atoms with Crippen molar-refractivity contribution < 1.29 is 19.4 Å². The Kier molecular flexibility index (Phi) is 9.31. The molecule has 0 spiro atoms. The van der Waals surface area contributed by atoms with Crippen LogP contribution >= 0.6 is 0 Å². The molecule has 9 nitrogen and oxygen atoms in total. The van der Waals surface area contributed by atoms with Gasteiger partial charge in [0, 0.05) is 25.4 Å². The number of hydrogen-bond acceptors (Lipinski definition) is 8. The van der Waals surface area contributed by atoms with Crippen LogP contribution in [0.3, 0.4) is 0 Å². The Hall–Kier alpha value is -3.33. The number of anilines is 1. The van der Waals surface area contributed by atoms with Gasteiger partial charge in [0.15, 0.2) is 0 Å². The van der Waals surface area contributed by atoms with Crippen LogP contribution in [0.4, 0.5) is 5.95 Å². The van der Waals surface area contributed by atoms with Crippen LogP contribution in [0.1, 0.15) is 37.7 Å². The van der Waals surface area contributed by atoms with Gasteiger partial charge in [0.25, 0.3) is 0 Å². The fraction of sp³-hybridized carbons (Fsp3) is 0.458. The fourth-order valence-electron chi connectivity index (χ4n) is 3.78. The van der Waals surface area contributed by atoms with Crippen molar-refractivity contribution in [1.82, 2.24) is 9.97 Å². The van der Waals surface area contributed by atoms with Gasteiger partial charge in [-0.3, -0.25) is 19.5 Å². The van der Waals surface area contributed by atoms with E-state index in [1.807, 2.05) is 4.90 Å². The van der Waals surface area contributed by atoms with Crippen molar-refractivity contribution in [2.45, 2.75) is 38.5 Å². The maximum atomic E-state index is 12.1. The topological polar surface area (TPSA) is 131 Å². The molecule has 2 heterocycles. The Balaban J connectivity index is 0.000000231. The average Bonchev–Trinajstić information content (AvgIpc) is 3.40. The third-order valence-corrected chi connectivity index (χ3v) is 5.78. The van der Waals surface area contributed by atoms with Gasteiger partial charge in [0.2, 0.25) is 5.95 Å². The lowest BCUT2D eigenvalue weighted by atomic mass is 9.82. The number of nitrogens with two attached hydrogens (primary N) is 1. The molecular weight excluding hydrogens is 422 g/mol. The van der Waals surface area contributed by atoms with E-state index in [9.17, 15) is 9.59 Å². The third-order valence-electron chi connectivity index (χ3n) is 5.78. The van der Waals surface area contributed by atoms with Crippen LogP contribution < -0.4 is 15.4 Å². The summed E-state index contributed by atoms with van der Waals surface area (Å²) >= 11 is 0. The molecule has 0 saturated heterocycles. The van der Waals surface area contributed by atoms with E-state index in [4.69, 9.17) is 15.6 Å². The number of esters is 1. The number of benzene rings is 1. The second kappa shape index (κ2) is 12.6. The molecule has 3 N–H and O–H groups in total. The molecule has 0 radical (unpaired) electrons. The number of nitrogens with zero attached hydrogens (tertiary/aromatic N) is 4. The van der Waals surface area contributed by atoms with Gasteiger partial charge in [0.05, 0.1) is 18.8 Å². The maximum absolute atomic E-state index is 12.1. The Morgan fingerprint density at radius 3 is 2.36 bits per heavy atom. The average molecular weight is 454 g/mol. The fourth-order valence-corrected chi connectivity index (χ4v) is 3.78. The van der Waals surface area contributed by atoms with E-state index in [1.165, 1.54) is 0 Å². The van der Waals surface area contributed by atoms with Crippen molar-refractivity contribution in [2.24, 2.45) is 22.6 Å². The van der Waals surface area contributed by atoms with Gasteiger partial charge >= 0.3 is 11.9 Å². The zero-order valence-corrected chi connectivity index (χ0v) is 18.7. The number of aromatic nitrogens is 2. The third kappa shape index (κ3) is 7.94. The minimum Gasteiger partial charge on any atom is -0.481 e. The molecule has 0 bridgehead atoms. The molecule has 1 saturated carbocycles. The molecule has 0 unspecified atom stereocenters. The number of aryl methyl sites for hydroxylation is 1. The number of carbonyl (C=O) groups is 2. The first kappa shape index (κ1) is 24.3. The Bertz CT molecular complexity index is 912. The molecule has 176 valence electrons. The zero-order chi connectivity index (χ0) is 23.5. The lowest BCUT2D eigenvalue weighted by molar-refractivity contribution is -0.140. The Morgan fingerprint density at radius 1 is 1.09 bits per heavy atom. The molecule has 1 aliphatic carbocycles. The molecule has 2 aromatic rings. The first-order valence-corrected chi connectivity index (χ1v) is 11.3. The first-order valence-electron chi connectivity index (χ1n) is 11.3. The summed E-state index contributed by atoms with van der Waals surface area (Å²) in [6, 6.07) is 8.85. The van der Waals surface area contributed by atoms with Crippen LogP contribution in [0.25, 0.3) is 0 Å². The molecule has 1 aliphatic heterocycles. The summed E-state index contributed by atoms with van der Waals surface area (Å²) in [5.41, 5.74) is 6.57. The van der Waals surface area contributed by atoms with E-state index < -0.39 is 5.97 Å². The highest BCUT2D eigenvalue weighted by atomic mass is 16.5. The number of aliphatic carboxylic acids is 1. The number of carbonyl (C=O) groups excluding carboxylic acids is 1. The molecule has 4 rings (SSSR count). The second-order valence-corrected chi connectivity index (χ2v) is 8.18. The monoisotopic (exact) mass is 453 g/mol. The number of ether oxygens (including phenoxy) is 1. The van der Waals surface area contributed by atoms with E-state index in [0.29, 0.717) is 24.6 Å². The van der Waals surface area contributed by atoms with Gasteiger partial charge in [0.1, 0.15) is 5.75 Å². The summed E-state index contributed by atoms with van der Waals surface area (Å²) in [7, 11) is 0. The summed E-state index contributed by atoms with van der Waals surface area (Å²) in [6.45, 7) is 2.43. The number of carboxylic acid groups (broad SMARTS) is 1. The highest BCUT2D eigenvalue weighted by Gasteiger charge is 2.27. The predicted molar refractivity (Wildman–Crippen MR) is 125 cm³/mol. The largest absolute Gasteiger partial charge is 0.481 e. The predicted octanol–water partition coefficient (Wildman–Crippen LogP) is 2.70. The van der Waals surface area contributed by atoms with Crippen molar-refractivity contribution in [3.8, 4) is 5.75 Å². The van der Waals surface area contributed by atoms with Crippen molar-refractivity contribution in [1.29, 1.82) is 0 Å². The van der Waals surface area contributed by atoms with E-state index in [0.717, 1.165) is 50.3 Å². The normalized spacial score (nSPS) is 19.5. The van der Waals surface area contributed by atoms with Crippen molar-refractivity contribution >= 4 is 24.2 Å². The molecule has 9 heteroatoms. The number of hydrogen-bond donors (Lipinski definition) is 2. The van der Waals surface area contributed by atoms with E-state index in [1.54, 1.807) is 49.1 Å². The molecule has 1 aromatic heterocycles. The van der Waals surface area contributed by atoms with Crippen LogP contribution in [-0.4, -0.2) is 53.0 Å². The highest BCUT2D eigenvalue weighted by Crippen LogP contribution is 2.29. The molecule has 1 aromatic carbocycles. The summed E-state index contributed by atoms with van der Waals surface area (Å²) in [5.74, 6) is 0.767. The summed E-state index contributed by atoms with van der Waals surface area (Å²) in [5, 5.41) is 8.65. The number of rotatable bonds is 7. The van der Waals surface area contributed by atoms with E-state index in [2.05, 4.69) is 15.0 Å². The van der Waals surface area contributed by atoms with Gasteiger partial charge < -0.3 is 15.6 Å². The molecule has 2 aliphatic rings. The lowest BCUT2D eigenvalue weighted by Gasteiger charge is -2.26. The molecule has 0 amide bonds. The standard InChI is InChI=1S/C17H23NO4.C7H8N4/c18-11-13-1-6-14(7-2-13)17(21)22-15-8-3-12(4-9-15)5-10-16(19)20;1-2-9-7(10-3-1)11-5-4-8-6-11/h3-4,8-9,13-14H,1-2,5-7,10-11,18H2,(H,19,20);1-3,6H,4-5H2. The Labute approximate surface area is 193 Å². The van der Waals surface area contributed by atoms with Crippen molar-refractivity contribution in [3.05, 3.63) is 48.3 Å². The summed E-state index contributed by atoms with van der Waals surface area (Å²) in [4.78, 5) is 36.8. The highest BCUT2D eigenvalue weighted by molar-refractivity contribution is 5.77. The second-order valence-electron chi connectivity index (χ2n) is 8.18. The summed E-state index contributed by atoms with van der Waals surface area (Å²) < 4.78 is 5.42. The van der Waals surface area contributed by atoms with Crippen LogP contribution in [0, 0.1) is 11.8 Å². The minimum atomic E-state index is -0.816. The van der Waals surface area contributed by atoms with Gasteiger partial charge in [-0.2, -0.15) is 0 Å². The van der Waals surface area contributed by atoms with Crippen molar-refractivity contribution in [3.63, 3.8) is 0 Å². The molecular formula is C24H31N5O4. The van der Waals surface area contributed by atoms with E-state index in [-0.39, 0.29) is 18.3 Å². The van der Waals surface area contributed by atoms with Gasteiger partial charge in [-0.05, 0) is 68.3 Å². The molecule has 1 fully saturated rings. The number of carboxylic acids is 1. The zero-order valence-electron chi connectivity index (χ0n) is 18.7. The van der Waals surface area contributed by atoms with Gasteiger partial charge in [-0.15, -0.1) is 0 Å². The van der Waals surface area contributed by atoms with Gasteiger partial charge in [-0.25, -0.2) is 9.97 Å². The van der Waals surface area contributed by atoms with Crippen LogP contribution in [0.5, 0.6) is 5.75 Å². The first-order chi connectivity index (χ1) is 16.0. The van der Waals surface area contributed by atoms with Crippen LogP contribution in [-0.2, 0) is 16.0 Å². The lowest BCUT2D eigenvalue weighted by Crippen LogP contribution is -2.28. The molecule has 33 heavy (non-hydrogen) atoms. The van der Waals surface area contributed by atoms with E-state index >= 15 is 0 Å². The minimum absolute atomic E-state index is 0.0329. The van der Waals surface area contributed by atoms with Crippen LogP contribution in [0.2, 0.25) is 0 Å². The van der Waals surface area contributed by atoms with Crippen molar-refractivity contribution in [2.75, 3.05) is 24.5 Å². The quantitative estimate of drug-likeness (QED) is 0.483. The molecule has 0 atom stereocenters. The smallest absolute Gasteiger partial charge is 0.314 e. The van der Waals surface area contributed by atoms with Crippen LogP contribution in [0.15, 0.2) is 47.7 Å². The summed E-state index contributed by atoms with van der Waals surface area (Å²) in [6.07, 6.45) is 9.48. The SMILES string of the molecule is C1=NCCN1c1ncccn1.NCC1CCC(C(=O)Oc2ccc(CCC(=O)O)cc2)CC1. The number of aliphatic imine (C=N–C) groups is 1. The Morgan fingerprint density at radius 2 is 1.79 bits per heavy atom.